The zero-order chi connectivity index (χ0) is 39.6. The van der Waals surface area contributed by atoms with Gasteiger partial charge in [-0.15, -0.1) is 11.8 Å². The Hall–Kier alpha value is -2.63. The summed E-state index contributed by atoms with van der Waals surface area (Å²) in [6, 6.07) is 9.59. The van der Waals surface area contributed by atoms with Crippen LogP contribution in [0, 0.1) is 23.7 Å². The number of nitrogens with one attached hydrogen (secondary N) is 1. The Labute approximate surface area is 319 Å². The van der Waals surface area contributed by atoms with Crippen LogP contribution in [0.4, 0.5) is 0 Å². The van der Waals surface area contributed by atoms with Gasteiger partial charge in [-0.3, -0.25) is 24.1 Å². The molecule has 1 heterocycles. The number of rotatable bonds is 20. The molecule has 3 N–H and O–H groups in total. The molecular weight excluding hydrogens is 675 g/mol. The molecule has 10 nitrogen and oxygen atoms in total. The van der Waals surface area contributed by atoms with Crippen molar-refractivity contribution < 1.29 is 23.9 Å². The van der Waals surface area contributed by atoms with Crippen LogP contribution in [0.2, 0.25) is 0 Å². The zero-order valence-electron chi connectivity index (χ0n) is 34.5. The number of carbonyl (C=O) groups is 4. The Morgan fingerprint density at radius 1 is 1.02 bits per heavy atom. The standard InChI is InChI=1S/C41H71N5O5S/c1-14-29(6)37(45(12)38(49)36(27(2)3)41(28(4)5,39(42)50)44(10)11)32(51-13)25-35(48)46-24-18-21-31(46)33(52-40(7,8)9)26-34(47)43-23-22-30-19-16-15-17-20-30/h15-17,19-20,27-29,31-33,36-37H,14,18,21-26H2,1-13H3,(H2,42,50)(H,43,47). The number of likely N-dealkylation sites (N-methyl/N-ethyl adjacent to an activating group) is 2. The molecule has 2 rings (SSSR count). The third kappa shape index (κ3) is 11.4. The van der Waals surface area contributed by atoms with E-state index in [4.69, 9.17) is 10.5 Å². The van der Waals surface area contributed by atoms with E-state index in [1.807, 2.05) is 64.9 Å². The summed E-state index contributed by atoms with van der Waals surface area (Å²) >= 11 is 1.76. The number of nitrogens with zero attached hydrogens (tertiary/aromatic N) is 3. The lowest BCUT2D eigenvalue weighted by atomic mass is 9.68. The highest BCUT2D eigenvalue weighted by Crippen LogP contribution is 2.40. The van der Waals surface area contributed by atoms with E-state index in [0.29, 0.717) is 19.5 Å². The smallest absolute Gasteiger partial charge is 0.239 e. The fourth-order valence-corrected chi connectivity index (χ4v) is 10.1. The van der Waals surface area contributed by atoms with Crippen molar-refractivity contribution in [3.63, 3.8) is 0 Å². The number of hydrogen-bond donors (Lipinski definition) is 2. The molecule has 0 aliphatic carbocycles. The quantitative estimate of drug-likeness (QED) is 0.178. The van der Waals surface area contributed by atoms with E-state index >= 15 is 0 Å². The van der Waals surface area contributed by atoms with E-state index in [1.165, 1.54) is 5.56 Å². The molecule has 1 aromatic carbocycles. The molecule has 0 saturated carbocycles. The van der Waals surface area contributed by atoms with Crippen LogP contribution in [-0.2, 0) is 30.3 Å². The molecule has 4 amide bonds. The van der Waals surface area contributed by atoms with Gasteiger partial charge in [0, 0.05) is 49.7 Å². The molecule has 7 atom stereocenters. The van der Waals surface area contributed by atoms with Crippen molar-refractivity contribution >= 4 is 35.4 Å². The number of methoxy groups -OCH3 is 1. The lowest BCUT2D eigenvalue weighted by Crippen LogP contribution is -2.68. The number of primary amides is 1. The largest absolute Gasteiger partial charge is 0.379 e. The SMILES string of the molecule is CCC(C)C(C(CC(=O)N1CCCC1C(CC(=O)NCCc1ccccc1)SC(C)(C)C)OC)N(C)C(=O)C(C(C)C)C(C(N)=O)(C(C)C)N(C)C. The number of benzene rings is 1. The molecule has 52 heavy (non-hydrogen) atoms. The Bertz CT molecular complexity index is 1290. The molecule has 1 saturated heterocycles. The van der Waals surface area contributed by atoms with Crippen LogP contribution >= 0.6 is 11.8 Å². The topological polar surface area (TPSA) is 125 Å². The second-order valence-corrected chi connectivity index (χ2v) is 18.7. The molecule has 1 aliphatic heterocycles. The Morgan fingerprint density at radius 2 is 1.63 bits per heavy atom. The molecule has 0 radical (unpaired) electrons. The van der Waals surface area contributed by atoms with Gasteiger partial charge in [0.2, 0.25) is 23.6 Å². The summed E-state index contributed by atoms with van der Waals surface area (Å²) in [6.07, 6.45) is 3.06. The summed E-state index contributed by atoms with van der Waals surface area (Å²) in [6.45, 7) is 19.6. The first-order valence-electron chi connectivity index (χ1n) is 19.3. The summed E-state index contributed by atoms with van der Waals surface area (Å²) in [5, 5.41) is 3.04. The van der Waals surface area contributed by atoms with Crippen molar-refractivity contribution in [1.82, 2.24) is 20.0 Å². The Kier molecular flexibility index (Phi) is 17.7. The maximum atomic E-state index is 14.7. The predicted molar refractivity (Wildman–Crippen MR) is 214 cm³/mol. The number of ether oxygens (including phenoxy) is 1. The molecule has 7 unspecified atom stereocenters. The molecule has 11 heteroatoms. The van der Waals surface area contributed by atoms with Crippen LogP contribution in [0.25, 0.3) is 0 Å². The normalized spacial score (nSPS) is 19.2. The highest BCUT2D eigenvalue weighted by molar-refractivity contribution is 8.01. The first kappa shape index (κ1) is 45.5. The third-order valence-corrected chi connectivity index (χ3v) is 12.5. The number of amides is 4. The van der Waals surface area contributed by atoms with E-state index in [9.17, 15) is 19.2 Å². The van der Waals surface area contributed by atoms with Gasteiger partial charge >= 0.3 is 0 Å². The second kappa shape index (κ2) is 20.2. The van der Waals surface area contributed by atoms with Crippen molar-refractivity contribution in [2.75, 3.05) is 41.3 Å². The van der Waals surface area contributed by atoms with E-state index in [0.717, 1.165) is 25.7 Å². The van der Waals surface area contributed by atoms with Gasteiger partial charge in [0.1, 0.15) is 5.54 Å². The number of hydrogen-bond acceptors (Lipinski definition) is 7. The lowest BCUT2D eigenvalue weighted by molar-refractivity contribution is -0.159. The summed E-state index contributed by atoms with van der Waals surface area (Å²) in [5.74, 6) is -1.89. The average Bonchev–Trinajstić information content (AvgIpc) is 3.55. The van der Waals surface area contributed by atoms with Gasteiger partial charge < -0.3 is 25.6 Å². The van der Waals surface area contributed by atoms with E-state index in [1.54, 1.807) is 35.7 Å². The van der Waals surface area contributed by atoms with Crippen molar-refractivity contribution in [2.24, 2.45) is 29.4 Å². The maximum absolute atomic E-state index is 14.7. The fraction of sp³-hybridized carbons (Fsp3) is 0.756. The monoisotopic (exact) mass is 746 g/mol. The fourth-order valence-electron chi connectivity index (χ4n) is 8.48. The van der Waals surface area contributed by atoms with Gasteiger partial charge in [0.05, 0.1) is 24.5 Å². The average molecular weight is 746 g/mol. The maximum Gasteiger partial charge on any atom is 0.239 e. The predicted octanol–water partition coefficient (Wildman–Crippen LogP) is 5.62. The van der Waals surface area contributed by atoms with Crippen LogP contribution in [0.15, 0.2) is 30.3 Å². The molecule has 0 bridgehead atoms. The summed E-state index contributed by atoms with van der Waals surface area (Å²) < 4.78 is 6.00. The highest BCUT2D eigenvalue weighted by Gasteiger charge is 2.55. The van der Waals surface area contributed by atoms with Gasteiger partial charge in [0.15, 0.2) is 0 Å². The van der Waals surface area contributed by atoms with E-state index in [2.05, 4.69) is 52.1 Å². The molecular formula is C41H71N5O5S. The summed E-state index contributed by atoms with van der Waals surface area (Å²) in [4.78, 5) is 61.1. The minimum Gasteiger partial charge on any atom is -0.379 e. The molecule has 296 valence electrons. The van der Waals surface area contributed by atoms with Crippen LogP contribution in [0.1, 0.15) is 100.0 Å². The lowest BCUT2D eigenvalue weighted by Gasteiger charge is -2.49. The number of nitrogens with two attached hydrogens (primary N) is 1. The Morgan fingerprint density at radius 3 is 2.12 bits per heavy atom. The molecule has 0 aromatic heterocycles. The minimum absolute atomic E-state index is 0.000882. The van der Waals surface area contributed by atoms with Crippen molar-refractivity contribution in [3.05, 3.63) is 35.9 Å². The van der Waals surface area contributed by atoms with Gasteiger partial charge in [-0.1, -0.05) is 99.1 Å². The highest BCUT2D eigenvalue weighted by atomic mass is 32.2. The molecule has 1 aromatic rings. The zero-order valence-corrected chi connectivity index (χ0v) is 35.3. The van der Waals surface area contributed by atoms with E-state index < -0.39 is 29.5 Å². The van der Waals surface area contributed by atoms with Crippen molar-refractivity contribution in [1.29, 1.82) is 0 Å². The molecule has 1 fully saturated rings. The number of likely N-dealkylation sites (tertiary alicyclic amines) is 1. The van der Waals surface area contributed by atoms with Crippen LogP contribution in [-0.4, -0.2) is 113 Å². The van der Waals surface area contributed by atoms with Gasteiger partial charge in [-0.2, -0.15) is 0 Å². The minimum atomic E-state index is -1.21. The van der Waals surface area contributed by atoms with Crippen molar-refractivity contribution in [3.8, 4) is 0 Å². The number of carbonyl (C=O) groups excluding carboxylic acids is 4. The van der Waals surface area contributed by atoms with Crippen LogP contribution in [0.3, 0.4) is 0 Å². The second-order valence-electron chi connectivity index (χ2n) is 16.6. The summed E-state index contributed by atoms with van der Waals surface area (Å²) in [5.41, 5.74) is 6.10. The van der Waals surface area contributed by atoms with Crippen LogP contribution in [0.5, 0.6) is 0 Å². The first-order valence-corrected chi connectivity index (χ1v) is 20.2. The van der Waals surface area contributed by atoms with E-state index in [-0.39, 0.29) is 57.9 Å². The summed E-state index contributed by atoms with van der Waals surface area (Å²) in [7, 11) is 7.00. The number of thioether (sulfide) groups is 1. The van der Waals surface area contributed by atoms with Crippen LogP contribution < -0.4 is 11.1 Å². The van der Waals surface area contributed by atoms with Gasteiger partial charge in [-0.05, 0) is 56.7 Å². The third-order valence-electron chi connectivity index (χ3n) is 11.0. The molecule has 1 aliphatic rings. The van der Waals surface area contributed by atoms with Gasteiger partial charge in [-0.25, -0.2) is 0 Å². The van der Waals surface area contributed by atoms with Crippen molar-refractivity contribution in [2.45, 2.75) is 135 Å². The Balaban J connectivity index is 2.36. The van der Waals surface area contributed by atoms with Gasteiger partial charge in [0.25, 0.3) is 0 Å². The first-order chi connectivity index (χ1) is 24.2. The molecule has 0 spiro atoms.